The van der Waals surface area contributed by atoms with Crippen molar-refractivity contribution in [2.75, 3.05) is 11.5 Å². The quantitative estimate of drug-likeness (QED) is 0.441. The minimum absolute atomic E-state index is 0.0417. The highest BCUT2D eigenvalue weighted by Crippen LogP contribution is 2.32. The maximum absolute atomic E-state index is 13.6. The molecule has 32 heavy (non-hydrogen) atoms. The zero-order chi connectivity index (χ0) is 23.3. The second-order valence-electron chi connectivity index (χ2n) is 6.47. The Labute approximate surface area is 182 Å². The van der Waals surface area contributed by atoms with Crippen LogP contribution in [0.1, 0.15) is 28.5 Å². The molecule has 5 N–H and O–H groups in total. The van der Waals surface area contributed by atoms with Crippen molar-refractivity contribution in [3.05, 3.63) is 71.6 Å². The monoisotopic (exact) mass is 431 g/mol. The molecular weight excluding hydrogens is 413 g/mol. The molecule has 0 aliphatic heterocycles. The molecule has 0 aliphatic carbocycles. The van der Waals surface area contributed by atoms with Crippen molar-refractivity contribution in [3.8, 4) is 17.3 Å². The molecule has 0 bridgehead atoms. The number of halogens is 1. The van der Waals surface area contributed by atoms with Gasteiger partial charge < -0.3 is 16.6 Å². The summed E-state index contributed by atoms with van der Waals surface area (Å²) in [7, 11) is 0. The fraction of sp³-hybridized carbons (Fsp3) is 0.0909. The smallest absolute Gasteiger partial charge is 0.337 e. The van der Waals surface area contributed by atoms with Crippen LogP contribution in [0.2, 0.25) is 0 Å². The van der Waals surface area contributed by atoms with Gasteiger partial charge in [0.25, 0.3) is 0 Å². The molecule has 3 aromatic heterocycles. The van der Waals surface area contributed by atoms with Crippen LogP contribution in [0.15, 0.2) is 48.9 Å². The number of hydrogen-bond acceptors (Lipinski definition) is 8. The summed E-state index contributed by atoms with van der Waals surface area (Å²) >= 11 is 0. The third-order valence-corrected chi connectivity index (χ3v) is 4.51. The van der Waals surface area contributed by atoms with E-state index in [9.17, 15) is 14.3 Å². The molecule has 0 aliphatic rings. The van der Waals surface area contributed by atoms with Gasteiger partial charge in [-0.1, -0.05) is 13.0 Å². The van der Waals surface area contributed by atoms with E-state index in [1.165, 1.54) is 24.5 Å². The lowest BCUT2D eigenvalue weighted by Gasteiger charge is -2.13. The fourth-order valence-corrected chi connectivity index (χ4v) is 3.08. The van der Waals surface area contributed by atoms with Gasteiger partial charge >= 0.3 is 5.97 Å². The maximum Gasteiger partial charge on any atom is 0.337 e. The first-order valence-corrected chi connectivity index (χ1v) is 9.40. The standard InChI is InChI=1S/C17H13FN2O2.C5H5N5/c1-2-12-16(14-5-3-4-8-19-14)15(17(21)22)11-9-10(18)6-7-13(11)20-12;6-1-3-4(7)9-2-10-5(3)8/h3-9H,2H2,1H3,(H,21,22);2H,(H4,7,8,9,10). The Morgan fingerprint density at radius 1 is 1.16 bits per heavy atom. The van der Waals surface area contributed by atoms with E-state index in [4.69, 9.17) is 16.7 Å². The van der Waals surface area contributed by atoms with E-state index < -0.39 is 11.8 Å². The molecule has 0 radical (unpaired) electrons. The Morgan fingerprint density at radius 2 is 1.88 bits per heavy atom. The lowest BCUT2D eigenvalue weighted by molar-refractivity contribution is 0.0699. The predicted octanol–water partition coefficient (Wildman–Crippen LogP) is 3.21. The van der Waals surface area contributed by atoms with E-state index in [0.717, 1.165) is 0 Å². The Balaban J connectivity index is 0.000000243. The lowest BCUT2D eigenvalue weighted by atomic mass is 9.96. The number of benzene rings is 1. The highest BCUT2D eigenvalue weighted by molar-refractivity contribution is 6.08. The molecule has 0 saturated heterocycles. The number of aromatic carboxylic acids is 1. The molecule has 0 spiro atoms. The van der Waals surface area contributed by atoms with E-state index in [-0.39, 0.29) is 28.1 Å². The van der Waals surface area contributed by atoms with Gasteiger partial charge in [-0.2, -0.15) is 5.26 Å². The van der Waals surface area contributed by atoms with Crippen molar-refractivity contribution < 1.29 is 14.3 Å². The lowest BCUT2D eigenvalue weighted by Crippen LogP contribution is -2.07. The highest BCUT2D eigenvalue weighted by Gasteiger charge is 2.21. The first kappa shape index (κ1) is 22.0. The maximum atomic E-state index is 13.6. The van der Waals surface area contributed by atoms with Crippen molar-refractivity contribution in [1.29, 1.82) is 5.26 Å². The summed E-state index contributed by atoms with van der Waals surface area (Å²) in [5, 5.41) is 18.3. The van der Waals surface area contributed by atoms with E-state index in [2.05, 4.69) is 19.9 Å². The number of nitrogen functional groups attached to an aromatic ring is 2. The third kappa shape index (κ3) is 4.41. The topological polar surface area (TPSA) is 165 Å². The average Bonchev–Trinajstić information content (AvgIpc) is 2.79. The zero-order valence-corrected chi connectivity index (χ0v) is 17.0. The Morgan fingerprint density at radius 3 is 2.41 bits per heavy atom. The van der Waals surface area contributed by atoms with E-state index >= 15 is 0 Å². The van der Waals surface area contributed by atoms with Gasteiger partial charge in [-0.3, -0.25) is 9.97 Å². The molecule has 0 unspecified atom stereocenters. The van der Waals surface area contributed by atoms with Crippen LogP contribution < -0.4 is 11.5 Å². The number of rotatable bonds is 3. The molecule has 0 saturated carbocycles. The second kappa shape index (κ2) is 9.44. The predicted molar refractivity (Wildman–Crippen MR) is 117 cm³/mol. The molecule has 0 atom stereocenters. The minimum atomic E-state index is -1.12. The van der Waals surface area contributed by atoms with Crippen LogP contribution in [-0.4, -0.2) is 31.0 Å². The summed E-state index contributed by atoms with van der Waals surface area (Å²) in [4.78, 5) is 27.7. The largest absolute Gasteiger partial charge is 0.478 e. The van der Waals surface area contributed by atoms with E-state index in [0.29, 0.717) is 28.9 Å². The summed E-state index contributed by atoms with van der Waals surface area (Å²) < 4.78 is 13.6. The zero-order valence-electron chi connectivity index (χ0n) is 17.0. The number of carbonyl (C=O) groups is 1. The van der Waals surface area contributed by atoms with Gasteiger partial charge in [-0.15, -0.1) is 0 Å². The van der Waals surface area contributed by atoms with Gasteiger partial charge in [-0.05, 0) is 36.8 Å². The first-order valence-electron chi connectivity index (χ1n) is 9.40. The van der Waals surface area contributed by atoms with Crippen molar-refractivity contribution in [2.45, 2.75) is 13.3 Å². The molecule has 4 aromatic rings. The third-order valence-electron chi connectivity index (χ3n) is 4.51. The summed E-state index contributed by atoms with van der Waals surface area (Å²) in [6.07, 6.45) is 3.36. The van der Waals surface area contributed by atoms with Crippen LogP contribution in [0.3, 0.4) is 0 Å². The fourth-order valence-electron chi connectivity index (χ4n) is 3.08. The van der Waals surface area contributed by atoms with Crippen molar-refractivity contribution in [3.63, 3.8) is 0 Å². The number of hydrogen-bond donors (Lipinski definition) is 3. The number of nitrogens with two attached hydrogens (primary N) is 2. The second-order valence-corrected chi connectivity index (χ2v) is 6.47. The highest BCUT2D eigenvalue weighted by atomic mass is 19.1. The van der Waals surface area contributed by atoms with Gasteiger partial charge in [-0.25, -0.2) is 19.2 Å². The molecular formula is C22H18FN7O2. The van der Waals surface area contributed by atoms with Crippen LogP contribution in [0.25, 0.3) is 22.2 Å². The summed E-state index contributed by atoms with van der Waals surface area (Å²) in [5.41, 5.74) is 12.8. The molecule has 3 heterocycles. The Kier molecular flexibility index (Phi) is 6.50. The van der Waals surface area contributed by atoms with Gasteiger partial charge in [0.05, 0.1) is 22.5 Å². The molecule has 4 rings (SSSR count). The number of anilines is 2. The van der Waals surface area contributed by atoms with Gasteiger partial charge in [0.2, 0.25) is 0 Å². The summed E-state index contributed by atoms with van der Waals surface area (Å²) in [6, 6.07) is 11.0. The van der Waals surface area contributed by atoms with E-state index in [1.54, 1.807) is 30.5 Å². The summed E-state index contributed by atoms with van der Waals surface area (Å²) in [5.74, 6) is -1.37. The van der Waals surface area contributed by atoms with Crippen LogP contribution in [0.5, 0.6) is 0 Å². The normalized spacial score (nSPS) is 10.2. The molecule has 10 heteroatoms. The van der Waals surface area contributed by atoms with Gasteiger partial charge in [0, 0.05) is 17.1 Å². The minimum Gasteiger partial charge on any atom is -0.478 e. The average molecular weight is 431 g/mol. The number of nitriles is 1. The van der Waals surface area contributed by atoms with Crippen LogP contribution in [-0.2, 0) is 6.42 Å². The molecule has 1 aromatic carbocycles. The van der Waals surface area contributed by atoms with E-state index in [1.807, 2.05) is 6.92 Å². The number of aryl methyl sites for hydroxylation is 1. The molecule has 160 valence electrons. The van der Waals surface area contributed by atoms with Crippen LogP contribution in [0.4, 0.5) is 16.0 Å². The molecule has 0 amide bonds. The Hall–Kier alpha value is -4.65. The number of carboxylic acids is 1. The molecule has 9 nitrogen and oxygen atoms in total. The van der Waals surface area contributed by atoms with Crippen molar-refractivity contribution in [1.82, 2.24) is 19.9 Å². The first-order chi connectivity index (χ1) is 15.4. The number of pyridine rings is 2. The Bertz CT molecular complexity index is 1320. The SMILES string of the molecule is CCc1nc2ccc(F)cc2c(C(=O)O)c1-c1ccccn1.N#Cc1c(N)ncnc1N. The van der Waals surface area contributed by atoms with Crippen molar-refractivity contribution >= 4 is 28.5 Å². The number of nitrogens with zero attached hydrogens (tertiary/aromatic N) is 5. The van der Waals surface area contributed by atoms with Crippen LogP contribution in [0, 0.1) is 17.1 Å². The number of fused-ring (bicyclic) bond motifs is 1. The molecule has 0 fully saturated rings. The number of carboxylic acid groups (broad SMARTS) is 1. The van der Waals surface area contributed by atoms with Gasteiger partial charge in [0.15, 0.2) is 0 Å². The number of aromatic nitrogens is 4. The van der Waals surface area contributed by atoms with Gasteiger partial charge in [0.1, 0.15) is 35.4 Å². The van der Waals surface area contributed by atoms with Crippen LogP contribution >= 0.6 is 0 Å². The van der Waals surface area contributed by atoms with Crippen molar-refractivity contribution in [2.24, 2.45) is 0 Å². The summed E-state index contributed by atoms with van der Waals surface area (Å²) in [6.45, 7) is 1.90.